The monoisotopic (exact) mass is 274 g/mol. The van der Waals surface area contributed by atoms with Crippen molar-refractivity contribution in [3.8, 4) is 11.5 Å². The van der Waals surface area contributed by atoms with Crippen LogP contribution < -0.4 is 4.74 Å². The standard InChI is InChI=1S/C17H19FO2/c1-10-5-6-14(7-11(10)2)20-17-8-12(3)16(18)9-15(17)13(4)19/h5-9,13,19H,1-4H3/t13-/m1/s1. The van der Waals surface area contributed by atoms with Crippen molar-refractivity contribution in [2.45, 2.75) is 33.8 Å². The van der Waals surface area contributed by atoms with E-state index in [1.807, 2.05) is 32.0 Å². The third kappa shape index (κ3) is 2.99. The molecular weight excluding hydrogens is 255 g/mol. The second-order valence-corrected chi connectivity index (χ2v) is 5.16. The Labute approximate surface area is 118 Å². The van der Waals surface area contributed by atoms with Crippen molar-refractivity contribution in [1.29, 1.82) is 0 Å². The van der Waals surface area contributed by atoms with E-state index in [2.05, 4.69) is 0 Å². The van der Waals surface area contributed by atoms with Crippen molar-refractivity contribution in [2.24, 2.45) is 0 Å². The Balaban J connectivity index is 2.41. The summed E-state index contributed by atoms with van der Waals surface area (Å²) < 4.78 is 19.4. The topological polar surface area (TPSA) is 29.5 Å². The lowest BCUT2D eigenvalue weighted by molar-refractivity contribution is 0.195. The SMILES string of the molecule is Cc1ccc(Oc2cc(C)c(F)cc2[C@@H](C)O)cc1C. The number of benzene rings is 2. The zero-order valence-electron chi connectivity index (χ0n) is 12.2. The fraction of sp³-hybridized carbons (Fsp3) is 0.294. The van der Waals surface area contributed by atoms with Crippen LogP contribution in [0.4, 0.5) is 4.39 Å². The maximum Gasteiger partial charge on any atom is 0.133 e. The number of hydrogen-bond donors (Lipinski definition) is 1. The lowest BCUT2D eigenvalue weighted by atomic mass is 10.1. The molecule has 0 saturated heterocycles. The average molecular weight is 274 g/mol. The summed E-state index contributed by atoms with van der Waals surface area (Å²) in [5.74, 6) is 0.830. The molecule has 3 heteroatoms. The number of aliphatic hydroxyl groups excluding tert-OH is 1. The zero-order chi connectivity index (χ0) is 14.9. The van der Waals surface area contributed by atoms with Crippen LogP contribution >= 0.6 is 0 Å². The Kier molecular flexibility index (Phi) is 4.09. The first-order chi connectivity index (χ1) is 9.38. The molecule has 0 aliphatic heterocycles. The normalized spacial score (nSPS) is 12.3. The summed E-state index contributed by atoms with van der Waals surface area (Å²) in [5, 5.41) is 9.75. The Morgan fingerprint density at radius 3 is 2.30 bits per heavy atom. The highest BCUT2D eigenvalue weighted by molar-refractivity contribution is 5.43. The summed E-state index contributed by atoms with van der Waals surface area (Å²) in [6.45, 7) is 7.31. The molecule has 1 N–H and O–H groups in total. The molecule has 0 fully saturated rings. The third-order valence-corrected chi connectivity index (χ3v) is 3.45. The zero-order valence-corrected chi connectivity index (χ0v) is 12.2. The Hall–Kier alpha value is -1.87. The number of ether oxygens (including phenoxy) is 1. The van der Waals surface area contributed by atoms with Crippen LogP contribution in [-0.4, -0.2) is 5.11 Å². The van der Waals surface area contributed by atoms with Gasteiger partial charge in [0, 0.05) is 5.56 Å². The smallest absolute Gasteiger partial charge is 0.133 e. The first kappa shape index (κ1) is 14.5. The molecule has 0 saturated carbocycles. The van der Waals surface area contributed by atoms with Gasteiger partial charge in [0.15, 0.2) is 0 Å². The van der Waals surface area contributed by atoms with Gasteiger partial charge < -0.3 is 9.84 Å². The minimum absolute atomic E-state index is 0.340. The summed E-state index contributed by atoms with van der Waals surface area (Å²) >= 11 is 0. The van der Waals surface area contributed by atoms with Crippen LogP contribution in [0.3, 0.4) is 0 Å². The van der Waals surface area contributed by atoms with E-state index in [9.17, 15) is 9.50 Å². The van der Waals surface area contributed by atoms with Crippen molar-refractivity contribution in [3.05, 3.63) is 58.4 Å². The molecule has 0 aliphatic rings. The van der Waals surface area contributed by atoms with E-state index in [0.29, 0.717) is 22.6 Å². The highest BCUT2D eigenvalue weighted by Gasteiger charge is 2.14. The van der Waals surface area contributed by atoms with E-state index in [4.69, 9.17) is 4.74 Å². The highest BCUT2D eigenvalue weighted by Crippen LogP contribution is 2.32. The molecular formula is C17H19FO2. The summed E-state index contributed by atoms with van der Waals surface area (Å²) in [7, 11) is 0. The van der Waals surface area contributed by atoms with E-state index in [1.54, 1.807) is 19.9 Å². The van der Waals surface area contributed by atoms with Gasteiger partial charge in [0.25, 0.3) is 0 Å². The van der Waals surface area contributed by atoms with Crippen LogP contribution in [0.5, 0.6) is 11.5 Å². The average Bonchev–Trinajstić information content (AvgIpc) is 2.37. The first-order valence-corrected chi connectivity index (χ1v) is 6.61. The fourth-order valence-electron chi connectivity index (χ4n) is 1.99. The van der Waals surface area contributed by atoms with Gasteiger partial charge in [0.1, 0.15) is 17.3 Å². The van der Waals surface area contributed by atoms with Gasteiger partial charge in [-0.05, 0) is 68.7 Å². The number of aliphatic hydroxyl groups is 1. The third-order valence-electron chi connectivity index (χ3n) is 3.45. The lowest BCUT2D eigenvalue weighted by Crippen LogP contribution is -1.99. The molecule has 0 radical (unpaired) electrons. The number of halogens is 1. The van der Waals surface area contributed by atoms with Crippen molar-refractivity contribution in [3.63, 3.8) is 0 Å². The van der Waals surface area contributed by atoms with Gasteiger partial charge in [-0.25, -0.2) is 4.39 Å². The van der Waals surface area contributed by atoms with Crippen LogP contribution in [0.2, 0.25) is 0 Å². The molecule has 1 atom stereocenters. The quantitative estimate of drug-likeness (QED) is 0.886. The van der Waals surface area contributed by atoms with Crippen LogP contribution in [0, 0.1) is 26.6 Å². The summed E-state index contributed by atoms with van der Waals surface area (Å²) in [6, 6.07) is 8.72. The summed E-state index contributed by atoms with van der Waals surface area (Å²) in [5.41, 5.74) is 3.25. The molecule has 0 aliphatic carbocycles. The van der Waals surface area contributed by atoms with Gasteiger partial charge in [-0.2, -0.15) is 0 Å². The Morgan fingerprint density at radius 2 is 1.70 bits per heavy atom. The van der Waals surface area contributed by atoms with Gasteiger partial charge in [-0.3, -0.25) is 0 Å². The largest absolute Gasteiger partial charge is 0.457 e. The van der Waals surface area contributed by atoms with Crippen molar-refractivity contribution in [1.82, 2.24) is 0 Å². The maximum atomic E-state index is 13.6. The molecule has 0 spiro atoms. The van der Waals surface area contributed by atoms with Crippen LogP contribution in [0.15, 0.2) is 30.3 Å². The van der Waals surface area contributed by atoms with E-state index >= 15 is 0 Å². The summed E-state index contributed by atoms with van der Waals surface area (Å²) in [6.07, 6.45) is -0.786. The van der Waals surface area contributed by atoms with Gasteiger partial charge in [0.2, 0.25) is 0 Å². The Bertz CT molecular complexity index is 633. The van der Waals surface area contributed by atoms with Gasteiger partial charge >= 0.3 is 0 Å². The van der Waals surface area contributed by atoms with E-state index in [1.165, 1.54) is 11.6 Å². The molecule has 2 rings (SSSR count). The molecule has 2 aromatic carbocycles. The maximum absolute atomic E-state index is 13.6. The number of hydrogen-bond acceptors (Lipinski definition) is 2. The molecule has 0 amide bonds. The number of aryl methyl sites for hydroxylation is 3. The second-order valence-electron chi connectivity index (χ2n) is 5.16. The molecule has 0 heterocycles. The van der Waals surface area contributed by atoms with E-state index in [0.717, 1.165) is 5.56 Å². The second kappa shape index (κ2) is 5.63. The van der Waals surface area contributed by atoms with Crippen molar-refractivity contribution < 1.29 is 14.2 Å². The molecule has 0 unspecified atom stereocenters. The minimum Gasteiger partial charge on any atom is -0.457 e. The predicted octanol–water partition coefficient (Wildman–Crippen LogP) is 4.60. The van der Waals surface area contributed by atoms with Crippen molar-refractivity contribution in [2.75, 3.05) is 0 Å². The Morgan fingerprint density at radius 1 is 1.00 bits per heavy atom. The van der Waals surface area contributed by atoms with E-state index < -0.39 is 6.10 Å². The number of rotatable bonds is 3. The highest BCUT2D eigenvalue weighted by atomic mass is 19.1. The fourth-order valence-corrected chi connectivity index (χ4v) is 1.99. The van der Waals surface area contributed by atoms with E-state index in [-0.39, 0.29) is 5.82 Å². The summed E-state index contributed by atoms with van der Waals surface area (Å²) in [4.78, 5) is 0. The first-order valence-electron chi connectivity index (χ1n) is 6.61. The molecule has 0 aromatic heterocycles. The lowest BCUT2D eigenvalue weighted by Gasteiger charge is -2.15. The van der Waals surface area contributed by atoms with Gasteiger partial charge in [-0.15, -0.1) is 0 Å². The van der Waals surface area contributed by atoms with Gasteiger partial charge in [0.05, 0.1) is 6.10 Å². The molecule has 20 heavy (non-hydrogen) atoms. The van der Waals surface area contributed by atoms with Crippen LogP contribution in [0.25, 0.3) is 0 Å². The predicted molar refractivity (Wildman–Crippen MR) is 77.8 cm³/mol. The van der Waals surface area contributed by atoms with Crippen LogP contribution in [0.1, 0.15) is 35.3 Å². The molecule has 2 aromatic rings. The molecule has 2 nitrogen and oxygen atoms in total. The van der Waals surface area contributed by atoms with Crippen LogP contribution in [-0.2, 0) is 0 Å². The minimum atomic E-state index is -0.786. The molecule has 106 valence electrons. The molecule has 0 bridgehead atoms. The van der Waals surface area contributed by atoms with Crippen molar-refractivity contribution >= 4 is 0 Å². The van der Waals surface area contributed by atoms with Gasteiger partial charge in [-0.1, -0.05) is 6.07 Å².